The van der Waals surface area contributed by atoms with E-state index in [1.54, 1.807) is 67.0 Å². The maximum atomic E-state index is 14.6. The van der Waals surface area contributed by atoms with Gasteiger partial charge in [0.25, 0.3) is 11.8 Å². The van der Waals surface area contributed by atoms with Crippen molar-refractivity contribution in [1.29, 1.82) is 0 Å². The summed E-state index contributed by atoms with van der Waals surface area (Å²) in [6.07, 6.45) is 3.41. The van der Waals surface area contributed by atoms with Gasteiger partial charge in [-0.05, 0) is 47.2 Å². The molecule has 0 spiro atoms. The summed E-state index contributed by atoms with van der Waals surface area (Å²) in [7, 11) is 0. The number of rotatable bonds is 11. The molecule has 0 aliphatic heterocycles. The van der Waals surface area contributed by atoms with Crippen molar-refractivity contribution < 1.29 is 32.7 Å². The van der Waals surface area contributed by atoms with E-state index in [4.69, 9.17) is 0 Å². The topological polar surface area (TPSA) is 121 Å². The summed E-state index contributed by atoms with van der Waals surface area (Å²) >= 11 is 1.34. The molecular weight excluding hydrogens is 678 g/mol. The van der Waals surface area contributed by atoms with Gasteiger partial charge < -0.3 is 15.7 Å². The highest BCUT2D eigenvalue weighted by atomic mass is 32.1. The molecule has 51 heavy (non-hydrogen) atoms. The Bertz CT molecular complexity index is 2040. The van der Waals surface area contributed by atoms with Gasteiger partial charge in [0.1, 0.15) is 17.9 Å². The Kier molecular flexibility index (Phi) is 10.8. The molecule has 0 bridgehead atoms. The first-order chi connectivity index (χ1) is 24.0. The van der Waals surface area contributed by atoms with Gasteiger partial charge in [0, 0.05) is 52.9 Å². The number of amides is 2. The van der Waals surface area contributed by atoms with Crippen LogP contribution in [0, 0.1) is 5.82 Å². The molecule has 5 aromatic rings. The Balaban J connectivity index is 1.28. The Hall–Kier alpha value is -5.36. The van der Waals surface area contributed by atoms with E-state index >= 15 is 0 Å². The van der Waals surface area contributed by atoms with Gasteiger partial charge >= 0.3 is 5.97 Å². The van der Waals surface area contributed by atoms with Crippen molar-refractivity contribution in [3.05, 3.63) is 118 Å². The third kappa shape index (κ3) is 9.06. The molecule has 0 unspecified atom stereocenters. The molecule has 0 fully saturated rings. The normalized spacial score (nSPS) is 12.9. The van der Waals surface area contributed by atoms with Crippen molar-refractivity contribution in [1.82, 2.24) is 20.6 Å². The Morgan fingerprint density at radius 3 is 1.96 bits per heavy atom. The number of hydrogen-bond acceptors (Lipinski definition) is 6. The molecular formula is C39H37F3N4O4S. The van der Waals surface area contributed by atoms with Crippen LogP contribution in [0.1, 0.15) is 60.3 Å². The number of aromatic nitrogens is 2. The highest BCUT2D eigenvalue weighted by molar-refractivity contribution is 7.14. The minimum absolute atomic E-state index is 0.108. The molecule has 5 rings (SSSR count). The molecule has 8 nitrogen and oxygen atoms in total. The number of halogens is 3. The van der Waals surface area contributed by atoms with Crippen molar-refractivity contribution in [2.45, 2.75) is 64.5 Å². The number of nitrogens with one attached hydrogen (secondary N) is 2. The van der Waals surface area contributed by atoms with E-state index in [1.807, 2.05) is 26.8 Å². The first kappa shape index (κ1) is 36.9. The molecule has 3 N–H and O–H groups in total. The van der Waals surface area contributed by atoms with Crippen LogP contribution in [-0.2, 0) is 27.3 Å². The molecule has 0 aliphatic carbocycles. The fourth-order valence-electron chi connectivity index (χ4n) is 5.19. The second kappa shape index (κ2) is 14.9. The smallest absolute Gasteiger partial charge is 0.325 e. The maximum Gasteiger partial charge on any atom is 0.325 e. The lowest BCUT2D eigenvalue weighted by atomic mass is 9.95. The highest BCUT2D eigenvalue weighted by Crippen LogP contribution is 2.33. The van der Waals surface area contributed by atoms with E-state index in [1.165, 1.54) is 30.4 Å². The highest BCUT2D eigenvalue weighted by Gasteiger charge is 2.27. The number of nitrogens with zero attached hydrogens (tertiary/aromatic N) is 2. The number of alkyl halides is 2. The predicted octanol–water partition coefficient (Wildman–Crippen LogP) is 8.02. The number of hydrogen-bond donors (Lipinski definition) is 3. The molecule has 2 atom stereocenters. The van der Waals surface area contributed by atoms with Gasteiger partial charge in [-0.25, -0.2) is 23.1 Å². The quantitative estimate of drug-likeness (QED) is 0.128. The van der Waals surface area contributed by atoms with E-state index < -0.39 is 41.6 Å². The summed E-state index contributed by atoms with van der Waals surface area (Å²) in [5, 5.41) is 14.5. The van der Waals surface area contributed by atoms with Crippen molar-refractivity contribution in [2.75, 3.05) is 0 Å². The number of aliphatic carboxylic acids is 1. The predicted molar refractivity (Wildman–Crippen MR) is 191 cm³/mol. The average molecular weight is 715 g/mol. The molecule has 264 valence electrons. The van der Waals surface area contributed by atoms with Crippen molar-refractivity contribution in [3.8, 4) is 33.6 Å². The fraction of sp³-hybridized carbons (Fsp3) is 0.256. The summed E-state index contributed by atoms with van der Waals surface area (Å²) in [6, 6.07) is 18.9. The largest absolute Gasteiger partial charge is 0.480 e. The lowest BCUT2D eigenvalue weighted by Gasteiger charge is -2.20. The number of benzene rings is 3. The van der Waals surface area contributed by atoms with Crippen LogP contribution in [0.2, 0.25) is 0 Å². The molecule has 2 heterocycles. The molecule has 0 saturated heterocycles. The van der Waals surface area contributed by atoms with Crippen LogP contribution < -0.4 is 10.6 Å². The summed E-state index contributed by atoms with van der Waals surface area (Å²) in [6.45, 7) is 8.20. The van der Waals surface area contributed by atoms with Crippen molar-refractivity contribution >= 4 is 29.1 Å². The SMILES string of the molecule is C[C@@H](NC(=O)[C@H](Cc1ccc(-c2ncc(-c3ccc(-c4ccc(C(C)(F)F)cc4F)cc3)cn2)cc1)NC(=O)c1ccc(C(C)(C)C)s1)C(=O)O. The first-order valence-corrected chi connectivity index (χ1v) is 17.0. The number of thiophene rings is 1. The van der Waals surface area contributed by atoms with Gasteiger partial charge in [0.05, 0.1) is 4.88 Å². The second-order valence-electron chi connectivity index (χ2n) is 13.4. The van der Waals surface area contributed by atoms with Gasteiger partial charge in [0.15, 0.2) is 5.82 Å². The Morgan fingerprint density at radius 2 is 1.41 bits per heavy atom. The summed E-state index contributed by atoms with van der Waals surface area (Å²) in [5.74, 6) is -5.66. The van der Waals surface area contributed by atoms with Crippen LogP contribution in [0.25, 0.3) is 33.6 Å². The van der Waals surface area contributed by atoms with E-state index in [0.29, 0.717) is 27.4 Å². The van der Waals surface area contributed by atoms with Crippen molar-refractivity contribution in [3.63, 3.8) is 0 Å². The maximum absolute atomic E-state index is 14.6. The molecule has 0 aliphatic rings. The van der Waals surface area contributed by atoms with Crippen LogP contribution in [0.5, 0.6) is 0 Å². The number of carboxylic acid groups (broad SMARTS) is 1. The van der Waals surface area contributed by atoms with Gasteiger partial charge in [-0.3, -0.25) is 14.4 Å². The van der Waals surface area contributed by atoms with Crippen LogP contribution >= 0.6 is 11.3 Å². The fourth-order valence-corrected chi connectivity index (χ4v) is 6.16. The average Bonchev–Trinajstić information content (AvgIpc) is 3.60. The van der Waals surface area contributed by atoms with Crippen LogP contribution in [0.4, 0.5) is 13.2 Å². The molecule has 3 aromatic carbocycles. The van der Waals surface area contributed by atoms with Gasteiger partial charge in [-0.2, -0.15) is 0 Å². The summed E-state index contributed by atoms with van der Waals surface area (Å²) in [4.78, 5) is 48.1. The van der Waals surface area contributed by atoms with Crippen LogP contribution in [0.15, 0.2) is 91.3 Å². The van der Waals surface area contributed by atoms with E-state index in [0.717, 1.165) is 29.0 Å². The lowest BCUT2D eigenvalue weighted by molar-refractivity contribution is -0.141. The van der Waals surface area contributed by atoms with Crippen LogP contribution in [0.3, 0.4) is 0 Å². The van der Waals surface area contributed by atoms with Crippen LogP contribution in [-0.4, -0.2) is 44.9 Å². The molecule has 2 amide bonds. The zero-order valence-corrected chi connectivity index (χ0v) is 29.4. The number of carbonyl (C=O) groups is 3. The van der Waals surface area contributed by atoms with Crippen molar-refractivity contribution in [2.24, 2.45) is 0 Å². The van der Waals surface area contributed by atoms with E-state index in [-0.39, 0.29) is 23.0 Å². The van der Waals surface area contributed by atoms with Gasteiger partial charge in [0.2, 0.25) is 5.91 Å². The summed E-state index contributed by atoms with van der Waals surface area (Å²) < 4.78 is 41.8. The minimum atomic E-state index is -3.14. The zero-order valence-electron chi connectivity index (χ0n) is 28.6. The second-order valence-corrected chi connectivity index (χ2v) is 14.4. The molecule has 0 saturated carbocycles. The molecule has 0 radical (unpaired) electrons. The monoisotopic (exact) mass is 714 g/mol. The van der Waals surface area contributed by atoms with Gasteiger partial charge in [-0.15, -0.1) is 11.3 Å². The molecule has 2 aromatic heterocycles. The zero-order chi connectivity index (χ0) is 37.1. The standard InChI is InChI=1S/C39H37F3N4O4S/c1-22(37(49)50)45-35(47)31(46-36(48)32-16-17-33(51-32)38(2,3)4)18-23-6-8-26(9-7-23)34-43-20-27(21-44-34)24-10-12-25(13-11-24)29-15-14-28(19-30(29)40)39(5,41)42/h6-17,19-22,31H,18H2,1-5H3,(H,45,47)(H,46,48)(H,49,50)/t22-,31+/m1/s1. The van der Waals surface area contributed by atoms with E-state index in [9.17, 15) is 32.7 Å². The van der Waals surface area contributed by atoms with E-state index in [2.05, 4.69) is 20.6 Å². The Labute approximate surface area is 297 Å². The number of carboxylic acids is 1. The van der Waals surface area contributed by atoms with Gasteiger partial charge in [-0.1, -0.05) is 81.4 Å². The minimum Gasteiger partial charge on any atom is -0.480 e. The summed E-state index contributed by atoms with van der Waals surface area (Å²) in [5.41, 5.74) is 3.13. The Morgan fingerprint density at radius 1 is 0.804 bits per heavy atom. The number of carbonyl (C=O) groups excluding carboxylic acids is 2. The molecule has 12 heteroatoms. The third-order valence-electron chi connectivity index (χ3n) is 8.23. The third-order valence-corrected chi connectivity index (χ3v) is 9.74. The first-order valence-electron chi connectivity index (χ1n) is 16.1. The lowest BCUT2D eigenvalue weighted by Crippen LogP contribution is -2.51.